The largest absolute Gasteiger partial charge is 0.455 e. The lowest BCUT2D eigenvalue weighted by Gasteiger charge is -2.17. The van der Waals surface area contributed by atoms with Crippen LogP contribution >= 0.6 is 0 Å². The Labute approximate surface area is 280 Å². The van der Waals surface area contributed by atoms with Gasteiger partial charge in [-0.05, 0) is 122 Å². The van der Waals surface area contributed by atoms with Crippen molar-refractivity contribution in [3.63, 3.8) is 0 Å². The van der Waals surface area contributed by atoms with E-state index >= 15 is 0 Å². The molecule has 0 N–H and O–H groups in total. The van der Waals surface area contributed by atoms with Gasteiger partial charge in [-0.15, -0.1) is 0 Å². The summed E-state index contributed by atoms with van der Waals surface area (Å²) in [6.45, 7) is 0. The lowest BCUT2D eigenvalue weighted by molar-refractivity contribution is 0.670. The first-order valence-electron chi connectivity index (χ1n) is 17.0. The second kappa shape index (κ2) is 9.13. The van der Waals surface area contributed by atoms with Gasteiger partial charge in [0.2, 0.25) is 0 Å². The van der Waals surface area contributed by atoms with E-state index in [1.807, 2.05) is 0 Å². The standard InChI is InChI=1S/C48H26O/c1-2-7-33-26-43-40(22-32(33)6-1)42-25-35(36-20-18-31-17-15-27-8-3-9-29-19-21-38(36)47(31)44(27)29)24-41(48(42)49-43)39-23-34-12-4-10-28-14-16-30-11-5-13-37(39)46(30)45(28)34/h1-26H. The zero-order valence-electron chi connectivity index (χ0n) is 26.4. The molecule has 0 fully saturated rings. The summed E-state index contributed by atoms with van der Waals surface area (Å²) >= 11 is 0. The molecular weight excluding hydrogens is 593 g/mol. The van der Waals surface area contributed by atoms with E-state index < -0.39 is 0 Å². The van der Waals surface area contributed by atoms with Gasteiger partial charge < -0.3 is 4.42 Å². The molecule has 12 rings (SSSR count). The predicted molar refractivity (Wildman–Crippen MR) is 210 cm³/mol. The fraction of sp³-hybridized carbons (Fsp3) is 0. The average Bonchev–Trinajstić information content (AvgIpc) is 3.51. The van der Waals surface area contributed by atoms with Gasteiger partial charge in [-0.3, -0.25) is 0 Å². The monoisotopic (exact) mass is 618 g/mol. The van der Waals surface area contributed by atoms with Crippen LogP contribution in [0.4, 0.5) is 0 Å². The van der Waals surface area contributed by atoms with E-state index in [4.69, 9.17) is 4.42 Å². The van der Waals surface area contributed by atoms with Gasteiger partial charge in [0.25, 0.3) is 0 Å². The van der Waals surface area contributed by atoms with Gasteiger partial charge >= 0.3 is 0 Å². The SMILES string of the molecule is c1ccc2cc3c(cc2c1)oc1c(-c2cc4cccc5ccc6cccc2c6c54)cc(-c2ccc4ccc5cccc6ccc2c4c56)cc13. The highest BCUT2D eigenvalue weighted by Crippen LogP contribution is 2.47. The first-order valence-corrected chi connectivity index (χ1v) is 17.0. The lowest BCUT2D eigenvalue weighted by atomic mass is 9.86. The van der Waals surface area contributed by atoms with Crippen LogP contribution in [0, 0.1) is 0 Å². The van der Waals surface area contributed by atoms with Crippen LogP contribution in [0.3, 0.4) is 0 Å². The molecule has 0 saturated carbocycles. The molecule has 224 valence electrons. The summed E-state index contributed by atoms with van der Waals surface area (Å²) < 4.78 is 6.93. The van der Waals surface area contributed by atoms with Crippen molar-refractivity contribution in [1.82, 2.24) is 0 Å². The summed E-state index contributed by atoms with van der Waals surface area (Å²) in [7, 11) is 0. The van der Waals surface area contributed by atoms with Crippen molar-refractivity contribution in [2.45, 2.75) is 0 Å². The normalized spacial score (nSPS) is 12.5. The molecule has 0 amide bonds. The predicted octanol–water partition coefficient (Wildman–Crippen LogP) is 13.9. The first-order chi connectivity index (χ1) is 24.3. The molecule has 1 heterocycles. The Morgan fingerprint density at radius 1 is 0.286 bits per heavy atom. The molecule has 12 aromatic rings. The Morgan fingerprint density at radius 2 is 0.837 bits per heavy atom. The maximum absolute atomic E-state index is 6.93. The van der Waals surface area contributed by atoms with Crippen LogP contribution < -0.4 is 0 Å². The van der Waals surface area contributed by atoms with Gasteiger partial charge in [-0.1, -0.05) is 127 Å². The van der Waals surface area contributed by atoms with Gasteiger partial charge in [0.1, 0.15) is 11.2 Å². The Kier molecular flexibility index (Phi) is 4.77. The second-order valence-electron chi connectivity index (χ2n) is 13.6. The Bertz CT molecular complexity index is 3310. The third-order valence-corrected chi connectivity index (χ3v) is 11.1. The van der Waals surface area contributed by atoms with Crippen molar-refractivity contribution in [2.24, 2.45) is 0 Å². The van der Waals surface area contributed by atoms with Crippen molar-refractivity contribution >= 4 is 97.3 Å². The fourth-order valence-electron chi connectivity index (χ4n) is 8.89. The molecule has 0 aliphatic heterocycles. The molecule has 0 bridgehead atoms. The van der Waals surface area contributed by atoms with Crippen LogP contribution in [0.25, 0.3) is 120 Å². The van der Waals surface area contributed by atoms with Crippen LogP contribution in [0.2, 0.25) is 0 Å². The Balaban J connectivity index is 1.25. The maximum atomic E-state index is 6.93. The highest BCUT2D eigenvalue weighted by molar-refractivity contribution is 6.29. The average molecular weight is 619 g/mol. The Morgan fingerprint density at radius 3 is 1.59 bits per heavy atom. The van der Waals surface area contributed by atoms with Crippen LogP contribution in [0.5, 0.6) is 0 Å². The fourth-order valence-corrected chi connectivity index (χ4v) is 8.89. The third kappa shape index (κ3) is 3.39. The summed E-state index contributed by atoms with van der Waals surface area (Å²) in [6.07, 6.45) is 0. The van der Waals surface area contributed by atoms with Gasteiger partial charge in [-0.2, -0.15) is 0 Å². The van der Waals surface area contributed by atoms with E-state index in [1.54, 1.807) is 0 Å². The molecule has 1 heteroatoms. The quantitative estimate of drug-likeness (QED) is 0.176. The van der Waals surface area contributed by atoms with Crippen LogP contribution in [-0.2, 0) is 0 Å². The minimum atomic E-state index is 0.916. The van der Waals surface area contributed by atoms with Crippen LogP contribution in [0.1, 0.15) is 0 Å². The van der Waals surface area contributed by atoms with Crippen LogP contribution in [0.15, 0.2) is 162 Å². The topological polar surface area (TPSA) is 13.1 Å². The highest BCUT2D eigenvalue weighted by Gasteiger charge is 2.21. The van der Waals surface area contributed by atoms with Crippen molar-refractivity contribution in [1.29, 1.82) is 0 Å². The summed E-state index contributed by atoms with van der Waals surface area (Å²) in [5.41, 5.74) is 6.60. The molecule has 0 radical (unpaired) electrons. The molecule has 0 unspecified atom stereocenters. The minimum Gasteiger partial charge on any atom is -0.455 e. The third-order valence-electron chi connectivity index (χ3n) is 11.1. The molecule has 1 aromatic heterocycles. The van der Waals surface area contributed by atoms with Gasteiger partial charge in [0, 0.05) is 16.3 Å². The van der Waals surface area contributed by atoms with Gasteiger partial charge in [-0.25, -0.2) is 0 Å². The summed E-state index contributed by atoms with van der Waals surface area (Å²) in [4.78, 5) is 0. The highest BCUT2D eigenvalue weighted by atomic mass is 16.3. The lowest BCUT2D eigenvalue weighted by Crippen LogP contribution is -1.90. The smallest absolute Gasteiger partial charge is 0.143 e. The van der Waals surface area contributed by atoms with E-state index in [2.05, 4.69) is 158 Å². The zero-order valence-corrected chi connectivity index (χ0v) is 26.4. The molecule has 0 atom stereocenters. The minimum absolute atomic E-state index is 0.916. The summed E-state index contributed by atoms with van der Waals surface area (Å²) in [5.74, 6) is 0. The van der Waals surface area contributed by atoms with Crippen molar-refractivity contribution < 1.29 is 4.42 Å². The van der Waals surface area contributed by atoms with Gasteiger partial charge in [0.05, 0.1) is 0 Å². The van der Waals surface area contributed by atoms with Crippen LogP contribution in [-0.4, -0.2) is 0 Å². The second-order valence-corrected chi connectivity index (χ2v) is 13.6. The molecule has 0 spiro atoms. The summed E-state index contributed by atoms with van der Waals surface area (Å²) in [5, 5.41) is 20.2. The zero-order chi connectivity index (χ0) is 31.8. The van der Waals surface area contributed by atoms with E-state index in [9.17, 15) is 0 Å². The van der Waals surface area contributed by atoms with E-state index in [1.165, 1.54) is 92.1 Å². The molecule has 1 nitrogen and oxygen atoms in total. The van der Waals surface area contributed by atoms with Crippen molar-refractivity contribution in [3.05, 3.63) is 158 Å². The number of benzene rings is 11. The number of rotatable bonds is 2. The number of hydrogen-bond acceptors (Lipinski definition) is 1. The van der Waals surface area contributed by atoms with Crippen molar-refractivity contribution in [2.75, 3.05) is 0 Å². The molecule has 0 aliphatic carbocycles. The maximum Gasteiger partial charge on any atom is 0.143 e. The van der Waals surface area contributed by atoms with E-state index in [0.717, 1.165) is 27.5 Å². The first kappa shape index (κ1) is 25.6. The van der Waals surface area contributed by atoms with Crippen molar-refractivity contribution in [3.8, 4) is 22.3 Å². The summed E-state index contributed by atoms with van der Waals surface area (Å²) in [6, 6.07) is 58.5. The number of hydrogen-bond donors (Lipinski definition) is 0. The van der Waals surface area contributed by atoms with E-state index in [-0.39, 0.29) is 0 Å². The molecular formula is C48H26O. The molecule has 11 aromatic carbocycles. The molecule has 0 aliphatic rings. The molecule has 49 heavy (non-hydrogen) atoms. The molecule has 0 saturated heterocycles. The Hall–Kier alpha value is -6.44. The number of furan rings is 1. The number of fused-ring (bicyclic) bond motifs is 4. The van der Waals surface area contributed by atoms with E-state index in [0.29, 0.717) is 0 Å². The van der Waals surface area contributed by atoms with Gasteiger partial charge in [0.15, 0.2) is 0 Å².